The van der Waals surface area contributed by atoms with Crippen LogP contribution in [-0.4, -0.2) is 66.9 Å². The van der Waals surface area contributed by atoms with E-state index in [4.69, 9.17) is 14.6 Å². The second-order valence-corrected chi connectivity index (χ2v) is 8.77. The van der Waals surface area contributed by atoms with Crippen LogP contribution in [0.5, 0.6) is 0 Å². The molecule has 36 heavy (non-hydrogen) atoms. The first kappa shape index (κ1) is 31.2. The fourth-order valence-electron chi connectivity index (χ4n) is 4.45. The molecule has 2 aliphatic rings. The van der Waals surface area contributed by atoms with Crippen molar-refractivity contribution < 1.29 is 29.0 Å². The summed E-state index contributed by atoms with van der Waals surface area (Å²) in [5.74, 6) is 0.0571. The molecule has 0 spiro atoms. The molecule has 2 unspecified atom stereocenters. The van der Waals surface area contributed by atoms with Crippen LogP contribution in [0.15, 0.2) is 36.3 Å². The van der Waals surface area contributed by atoms with Crippen molar-refractivity contribution in [3.8, 4) is 0 Å². The Labute approximate surface area is 216 Å². The maximum Gasteiger partial charge on any atom is 0.328 e. The second-order valence-electron chi connectivity index (χ2n) is 8.77. The number of aliphatic hydroxyl groups excluding tert-OH is 1. The van der Waals surface area contributed by atoms with Gasteiger partial charge < -0.3 is 30.1 Å². The third-order valence-electron chi connectivity index (χ3n) is 6.22. The molecular formula is C27H45N3O6. The Kier molecular flexibility index (Phi) is 15.3. The molecule has 1 aliphatic carbocycles. The van der Waals surface area contributed by atoms with Crippen LogP contribution in [0, 0.1) is 5.92 Å². The SMILES string of the molecule is C=C(/C=C\C=C(/C)OCCCO)NC(=O)NC(C(=O)N1CCCC1C(=O)OC)C1CCCCC1.CC. The van der Waals surface area contributed by atoms with E-state index in [1.165, 1.54) is 7.11 Å². The molecule has 1 saturated carbocycles. The van der Waals surface area contributed by atoms with Crippen molar-refractivity contribution in [1.82, 2.24) is 15.5 Å². The fourth-order valence-corrected chi connectivity index (χ4v) is 4.45. The molecule has 0 aromatic heterocycles. The van der Waals surface area contributed by atoms with E-state index in [2.05, 4.69) is 17.2 Å². The molecule has 3 amide bonds. The predicted octanol–water partition coefficient (Wildman–Crippen LogP) is 3.80. The molecule has 0 aromatic carbocycles. The molecule has 1 saturated heterocycles. The smallest absolute Gasteiger partial charge is 0.328 e. The number of aliphatic hydroxyl groups is 1. The number of ether oxygens (including phenoxy) is 2. The Morgan fingerprint density at radius 3 is 2.47 bits per heavy atom. The van der Waals surface area contributed by atoms with Crippen molar-refractivity contribution in [2.75, 3.05) is 26.9 Å². The molecule has 0 aromatic rings. The van der Waals surface area contributed by atoms with Crippen LogP contribution < -0.4 is 10.6 Å². The van der Waals surface area contributed by atoms with Crippen molar-refractivity contribution in [2.45, 2.75) is 84.2 Å². The van der Waals surface area contributed by atoms with Crippen LogP contribution in [0.3, 0.4) is 0 Å². The molecule has 1 heterocycles. The summed E-state index contributed by atoms with van der Waals surface area (Å²) in [6, 6.07) is -1.81. The number of carbonyl (C=O) groups is 3. The van der Waals surface area contributed by atoms with Crippen molar-refractivity contribution in [1.29, 1.82) is 0 Å². The highest BCUT2D eigenvalue weighted by molar-refractivity contribution is 5.91. The molecule has 2 rings (SSSR count). The van der Waals surface area contributed by atoms with Gasteiger partial charge in [0.2, 0.25) is 5.91 Å². The zero-order valence-electron chi connectivity index (χ0n) is 22.4. The molecule has 0 bridgehead atoms. The van der Waals surface area contributed by atoms with Gasteiger partial charge in [0.1, 0.15) is 12.1 Å². The second kappa shape index (κ2) is 17.6. The maximum atomic E-state index is 13.5. The minimum absolute atomic E-state index is 0.0244. The number of nitrogens with zero attached hydrogens (tertiary/aromatic N) is 1. The van der Waals surface area contributed by atoms with Gasteiger partial charge in [0, 0.05) is 25.3 Å². The Balaban J connectivity index is 0.00000316. The summed E-state index contributed by atoms with van der Waals surface area (Å²) in [6.07, 6.45) is 11.8. The van der Waals surface area contributed by atoms with Gasteiger partial charge in [-0.25, -0.2) is 9.59 Å². The summed E-state index contributed by atoms with van der Waals surface area (Å²) in [7, 11) is 1.32. The number of carbonyl (C=O) groups excluding carboxylic acids is 3. The van der Waals surface area contributed by atoms with E-state index in [1.807, 2.05) is 13.8 Å². The molecule has 1 aliphatic heterocycles. The van der Waals surface area contributed by atoms with E-state index in [0.29, 0.717) is 37.4 Å². The minimum Gasteiger partial charge on any atom is -0.498 e. The summed E-state index contributed by atoms with van der Waals surface area (Å²) in [4.78, 5) is 39.9. The van der Waals surface area contributed by atoms with Gasteiger partial charge in [0.25, 0.3) is 0 Å². The molecule has 3 N–H and O–H groups in total. The Bertz CT molecular complexity index is 773. The third kappa shape index (κ3) is 10.4. The number of hydrogen-bond acceptors (Lipinski definition) is 6. The number of nitrogens with one attached hydrogen (secondary N) is 2. The van der Waals surface area contributed by atoms with E-state index in [0.717, 1.165) is 38.5 Å². The highest BCUT2D eigenvalue weighted by Gasteiger charge is 2.41. The van der Waals surface area contributed by atoms with Gasteiger partial charge in [-0.3, -0.25) is 4.79 Å². The Morgan fingerprint density at radius 1 is 1.14 bits per heavy atom. The number of allylic oxidation sites excluding steroid dienone is 4. The summed E-state index contributed by atoms with van der Waals surface area (Å²) in [5.41, 5.74) is 0.361. The molecular weight excluding hydrogens is 462 g/mol. The molecule has 9 nitrogen and oxygen atoms in total. The highest BCUT2D eigenvalue weighted by Crippen LogP contribution is 2.29. The van der Waals surface area contributed by atoms with Gasteiger partial charge >= 0.3 is 12.0 Å². The van der Waals surface area contributed by atoms with Gasteiger partial charge in [-0.1, -0.05) is 45.8 Å². The summed E-state index contributed by atoms with van der Waals surface area (Å²) in [6.45, 7) is 10.6. The van der Waals surface area contributed by atoms with E-state index in [-0.39, 0.29) is 18.4 Å². The number of esters is 1. The first-order chi connectivity index (χ1) is 17.4. The van der Waals surface area contributed by atoms with Crippen LogP contribution in [0.25, 0.3) is 0 Å². The van der Waals surface area contributed by atoms with Crippen molar-refractivity contribution in [3.05, 3.63) is 36.3 Å². The number of hydrogen-bond donors (Lipinski definition) is 3. The number of urea groups is 1. The normalized spacial score (nSPS) is 19.2. The van der Waals surface area contributed by atoms with Gasteiger partial charge in [-0.15, -0.1) is 0 Å². The van der Waals surface area contributed by atoms with Gasteiger partial charge in [-0.05, 0) is 50.7 Å². The summed E-state index contributed by atoms with van der Waals surface area (Å²) in [5, 5.41) is 14.3. The van der Waals surface area contributed by atoms with Crippen LogP contribution in [0.2, 0.25) is 0 Å². The number of methoxy groups -OCH3 is 1. The quantitative estimate of drug-likeness (QED) is 0.170. The predicted molar refractivity (Wildman–Crippen MR) is 140 cm³/mol. The molecule has 9 heteroatoms. The first-order valence-corrected chi connectivity index (χ1v) is 13.1. The standard InChI is InChI=1S/C25H39N3O6.C2H6/c1-18(10-7-11-19(2)34-17-9-16-29)26-25(32)27-22(20-12-5-4-6-13-20)23(30)28-15-8-14-21(28)24(31)33-3;1-2/h7,10-11,20-22,29H,1,4-6,8-9,12-17H2,2-3H3,(H2,26,27,32);1-2H3/b10-7-,19-11+;. The largest absolute Gasteiger partial charge is 0.498 e. The summed E-state index contributed by atoms with van der Waals surface area (Å²) < 4.78 is 10.3. The number of amides is 3. The number of likely N-dealkylation sites (tertiary alicyclic amines) is 1. The lowest BCUT2D eigenvalue weighted by atomic mass is 9.83. The molecule has 2 atom stereocenters. The van der Waals surface area contributed by atoms with Gasteiger partial charge in [-0.2, -0.15) is 0 Å². The molecule has 204 valence electrons. The molecule has 0 radical (unpaired) electrons. The fraction of sp³-hybridized carbons (Fsp3) is 0.667. The zero-order chi connectivity index (χ0) is 26.9. The van der Waals surface area contributed by atoms with E-state index in [9.17, 15) is 14.4 Å². The van der Waals surface area contributed by atoms with Crippen LogP contribution >= 0.6 is 0 Å². The monoisotopic (exact) mass is 507 g/mol. The van der Waals surface area contributed by atoms with Crippen LogP contribution in [-0.2, 0) is 19.1 Å². The lowest BCUT2D eigenvalue weighted by molar-refractivity contribution is -0.152. The van der Waals surface area contributed by atoms with Crippen LogP contribution in [0.1, 0.15) is 72.1 Å². The van der Waals surface area contributed by atoms with Crippen molar-refractivity contribution in [2.24, 2.45) is 5.92 Å². The Hall–Kier alpha value is -2.81. The van der Waals surface area contributed by atoms with E-state index >= 15 is 0 Å². The van der Waals surface area contributed by atoms with E-state index < -0.39 is 24.1 Å². The average molecular weight is 508 g/mol. The minimum atomic E-state index is -0.704. The Morgan fingerprint density at radius 2 is 1.83 bits per heavy atom. The van der Waals surface area contributed by atoms with E-state index in [1.54, 1.807) is 30.1 Å². The lowest BCUT2D eigenvalue weighted by Crippen LogP contribution is -2.56. The maximum absolute atomic E-state index is 13.5. The zero-order valence-corrected chi connectivity index (χ0v) is 22.4. The summed E-state index contributed by atoms with van der Waals surface area (Å²) >= 11 is 0. The van der Waals surface area contributed by atoms with Gasteiger partial charge in [0.05, 0.1) is 19.5 Å². The lowest BCUT2D eigenvalue weighted by Gasteiger charge is -2.34. The van der Waals surface area contributed by atoms with Crippen molar-refractivity contribution in [3.63, 3.8) is 0 Å². The van der Waals surface area contributed by atoms with Crippen LogP contribution in [0.4, 0.5) is 4.79 Å². The third-order valence-corrected chi connectivity index (χ3v) is 6.22. The average Bonchev–Trinajstić information content (AvgIpc) is 3.38. The molecule has 2 fully saturated rings. The van der Waals surface area contributed by atoms with Crippen molar-refractivity contribution >= 4 is 17.9 Å². The first-order valence-electron chi connectivity index (χ1n) is 13.1. The van der Waals surface area contributed by atoms with Gasteiger partial charge in [0.15, 0.2) is 0 Å². The number of rotatable bonds is 11. The topological polar surface area (TPSA) is 117 Å². The highest BCUT2D eigenvalue weighted by atomic mass is 16.5.